The maximum absolute atomic E-state index is 11.7. The summed E-state index contributed by atoms with van der Waals surface area (Å²) >= 11 is 6.79. The largest absolute Gasteiger partial charge is 0.467 e. The fraction of sp³-hybridized carbons (Fsp3) is 0.538. The van der Waals surface area contributed by atoms with Crippen LogP contribution in [-0.4, -0.2) is 59.0 Å². The Labute approximate surface area is 128 Å². The summed E-state index contributed by atoms with van der Waals surface area (Å²) in [6, 6.07) is 3.64. The van der Waals surface area contributed by atoms with Crippen LogP contribution in [0.25, 0.3) is 0 Å². The quantitative estimate of drug-likeness (QED) is 0.842. The Morgan fingerprint density at radius 1 is 1.45 bits per heavy atom. The number of carbonyl (C=O) groups excluding carboxylic acids is 1. The molecule has 0 aromatic carbocycles. The van der Waals surface area contributed by atoms with E-state index >= 15 is 0 Å². The predicted molar refractivity (Wildman–Crippen MR) is 84.7 cm³/mol. The SMILES string of the molecule is CN1CCN(C(=S)SCC(=O)NCc2ccco2)CC1. The second kappa shape index (κ2) is 7.66. The summed E-state index contributed by atoms with van der Waals surface area (Å²) in [5, 5.41) is 2.81. The normalized spacial score (nSPS) is 16.1. The van der Waals surface area contributed by atoms with Gasteiger partial charge in [0, 0.05) is 26.2 Å². The average molecular weight is 313 g/mol. The van der Waals surface area contributed by atoms with Gasteiger partial charge in [-0.25, -0.2) is 0 Å². The maximum Gasteiger partial charge on any atom is 0.230 e. The van der Waals surface area contributed by atoms with Crippen molar-refractivity contribution in [3.63, 3.8) is 0 Å². The molecule has 2 rings (SSSR count). The third kappa shape index (κ3) is 4.81. The zero-order valence-corrected chi connectivity index (χ0v) is 13.1. The van der Waals surface area contributed by atoms with E-state index in [4.69, 9.17) is 16.6 Å². The van der Waals surface area contributed by atoms with Crippen LogP contribution in [0, 0.1) is 0 Å². The van der Waals surface area contributed by atoms with Crippen molar-refractivity contribution in [2.75, 3.05) is 39.0 Å². The Morgan fingerprint density at radius 2 is 2.20 bits per heavy atom. The van der Waals surface area contributed by atoms with Gasteiger partial charge in [-0.2, -0.15) is 0 Å². The van der Waals surface area contributed by atoms with Gasteiger partial charge in [0.15, 0.2) is 0 Å². The fourth-order valence-electron chi connectivity index (χ4n) is 1.86. The molecule has 1 aliphatic rings. The van der Waals surface area contributed by atoms with Gasteiger partial charge in [-0.1, -0.05) is 24.0 Å². The number of thiocarbonyl (C=S) groups is 1. The van der Waals surface area contributed by atoms with Gasteiger partial charge in [0.05, 0.1) is 18.6 Å². The molecule has 5 nitrogen and oxygen atoms in total. The van der Waals surface area contributed by atoms with Gasteiger partial charge in [-0.05, 0) is 19.2 Å². The molecule has 1 amide bonds. The lowest BCUT2D eigenvalue weighted by Crippen LogP contribution is -2.46. The van der Waals surface area contributed by atoms with Crippen LogP contribution in [0.15, 0.2) is 22.8 Å². The van der Waals surface area contributed by atoms with Crippen LogP contribution >= 0.6 is 24.0 Å². The number of hydrogen-bond donors (Lipinski definition) is 1. The van der Waals surface area contributed by atoms with Gasteiger partial charge in [0.2, 0.25) is 5.91 Å². The van der Waals surface area contributed by atoms with Crippen molar-refractivity contribution >= 4 is 34.2 Å². The maximum atomic E-state index is 11.7. The molecule has 0 spiro atoms. The molecule has 1 aromatic heterocycles. The Morgan fingerprint density at radius 3 is 2.85 bits per heavy atom. The van der Waals surface area contributed by atoms with Crippen molar-refractivity contribution < 1.29 is 9.21 Å². The van der Waals surface area contributed by atoms with E-state index in [2.05, 4.69) is 22.2 Å². The van der Waals surface area contributed by atoms with Crippen LogP contribution in [0.5, 0.6) is 0 Å². The number of likely N-dealkylation sites (N-methyl/N-ethyl adjacent to an activating group) is 1. The molecule has 1 aliphatic heterocycles. The first-order valence-electron chi connectivity index (χ1n) is 6.54. The lowest BCUT2D eigenvalue weighted by Gasteiger charge is -2.33. The standard InChI is InChI=1S/C13H19N3O2S2/c1-15-4-6-16(7-5-15)13(19)20-10-12(17)14-9-11-3-2-8-18-11/h2-3,8H,4-7,9-10H2,1H3,(H,14,17). The minimum Gasteiger partial charge on any atom is -0.467 e. The van der Waals surface area contributed by atoms with E-state index in [1.807, 2.05) is 6.07 Å². The number of amides is 1. The summed E-state index contributed by atoms with van der Waals surface area (Å²) in [5.41, 5.74) is 0. The summed E-state index contributed by atoms with van der Waals surface area (Å²) in [5.74, 6) is 1.08. The second-order valence-electron chi connectivity index (χ2n) is 4.70. The highest BCUT2D eigenvalue weighted by Crippen LogP contribution is 2.11. The Hall–Kier alpha value is -1.05. The zero-order chi connectivity index (χ0) is 14.4. The first-order chi connectivity index (χ1) is 9.65. The molecular weight excluding hydrogens is 294 g/mol. The highest BCUT2D eigenvalue weighted by atomic mass is 32.2. The second-order valence-corrected chi connectivity index (χ2v) is 6.31. The van der Waals surface area contributed by atoms with Crippen molar-refractivity contribution in [3.05, 3.63) is 24.2 Å². The molecule has 0 radical (unpaired) electrons. The number of nitrogens with one attached hydrogen (secondary N) is 1. The number of carbonyl (C=O) groups is 1. The number of rotatable bonds is 4. The van der Waals surface area contributed by atoms with Gasteiger partial charge in [-0.3, -0.25) is 4.79 Å². The number of hydrogen-bond acceptors (Lipinski definition) is 5. The van der Waals surface area contributed by atoms with E-state index < -0.39 is 0 Å². The van der Waals surface area contributed by atoms with Crippen LogP contribution in [0.4, 0.5) is 0 Å². The Bertz CT molecular complexity index is 442. The van der Waals surface area contributed by atoms with Crippen molar-refractivity contribution in [1.82, 2.24) is 15.1 Å². The van der Waals surface area contributed by atoms with Crippen LogP contribution in [0.1, 0.15) is 5.76 Å². The van der Waals surface area contributed by atoms with Crippen molar-refractivity contribution in [2.24, 2.45) is 0 Å². The molecule has 0 atom stereocenters. The minimum atomic E-state index is -0.0251. The lowest BCUT2D eigenvalue weighted by atomic mass is 10.4. The summed E-state index contributed by atoms with van der Waals surface area (Å²) in [6.45, 7) is 4.34. The highest BCUT2D eigenvalue weighted by Gasteiger charge is 2.17. The van der Waals surface area contributed by atoms with Gasteiger partial charge < -0.3 is 19.5 Å². The predicted octanol–water partition coefficient (Wildman–Crippen LogP) is 1.16. The molecule has 0 unspecified atom stereocenters. The smallest absolute Gasteiger partial charge is 0.230 e. The third-order valence-corrected chi connectivity index (χ3v) is 4.65. The molecule has 0 bridgehead atoms. The van der Waals surface area contributed by atoms with E-state index in [9.17, 15) is 4.79 Å². The summed E-state index contributed by atoms with van der Waals surface area (Å²) in [6.07, 6.45) is 1.60. The molecule has 20 heavy (non-hydrogen) atoms. The first-order valence-corrected chi connectivity index (χ1v) is 7.94. The zero-order valence-electron chi connectivity index (χ0n) is 11.5. The number of piperazine rings is 1. The summed E-state index contributed by atoms with van der Waals surface area (Å²) in [7, 11) is 2.11. The fourth-order valence-corrected chi connectivity index (χ4v) is 2.94. The van der Waals surface area contributed by atoms with E-state index in [1.165, 1.54) is 11.8 Å². The van der Waals surface area contributed by atoms with Crippen LogP contribution in [0.3, 0.4) is 0 Å². The monoisotopic (exact) mass is 313 g/mol. The van der Waals surface area contributed by atoms with Crippen LogP contribution in [-0.2, 0) is 11.3 Å². The number of furan rings is 1. The van der Waals surface area contributed by atoms with E-state index in [-0.39, 0.29) is 5.91 Å². The van der Waals surface area contributed by atoms with Crippen molar-refractivity contribution in [3.8, 4) is 0 Å². The number of thioether (sulfide) groups is 1. The summed E-state index contributed by atoms with van der Waals surface area (Å²) in [4.78, 5) is 16.2. The molecule has 2 heterocycles. The van der Waals surface area contributed by atoms with Crippen LogP contribution in [0.2, 0.25) is 0 Å². The first kappa shape index (κ1) is 15.3. The molecule has 7 heteroatoms. The van der Waals surface area contributed by atoms with Gasteiger partial charge in [0.25, 0.3) is 0 Å². The minimum absolute atomic E-state index is 0.0251. The van der Waals surface area contributed by atoms with Crippen LogP contribution < -0.4 is 5.32 Å². The van der Waals surface area contributed by atoms with Gasteiger partial charge in [0.1, 0.15) is 10.1 Å². The van der Waals surface area contributed by atoms with E-state index in [0.29, 0.717) is 12.3 Å². The molecule has 0 aliphatic carbocycles. The van der Waals surface area contributed by atoms with Gasteiger partial charge >= 0.3 is 0 Å². The molecule has 110 valence electrons. The van der Waals surface area contributed by atoms with Crippen molar-refractivity contribution in [2.45, 2.75) is 6.54 Å². The molecule has 0 saturated carbocycles. The Balaban J connectivity index is 1.64. The molecule has 1 saturated heterocycles. The molecular formula is C13H19N3O2S2. The molecule has 1 fully saturated rings. The van der Waals surface area contributed by atoms with Crippen molar-refractivity contribution in [1.29, 1.82) is 0 Å². The van der Waals surface area contributed by atoms with Gasteiger partial charge in [-0.15, -0.1) is 0 Å². The average Bonchev–Trinajstić information content (AvgIpc) is 2.96. The summed E-state index contributed by atoms with van der Waals surface area (Å²) < 4.78 is 5.97. The number of nitrogens with zero attached hydrogens (tertiary/aromatic N) is 2. The van der Waals surface area contributed by atoms with E-state index in [0.717, 1.165) is 36.3 Å². The topological polar surface area (TPSA) is 48.7 Å². The molecule has 1 aromatic rings. The lowest BCUT2D eigenvalue weighted by molar-refractivity contribution is -0.118. The third-order valence-electron chi connectivity index (χ3n) is 3.13. The molecule has 1 N–H and O–H groups in total. The highest BCUT2D eigenvalue weighted by molar-refractivity contribution is 8.23. The van der Waals surface area contributed by atoms with E-state index in [1.54, 1.807) is 12.3 Å². The Kier molecular flexibility index (Phi) is 5.87.